The molecule has 7 rings (SSSR count). The monoisotopic (exact) mass is 1990 g/mol. The standard InChI is InChI=1S/C92H151N35O14.CH4/c1-7-51(5)71-83(138)118-62(30-17-39-108-89(98)99)76(131)122-67(46-53-48-112-57-25-11-9-23-55(53)57)80(135)115-59(27-13-14-36-93)73(128)114-61(29-16-38-107-88(96)97)75(130)121-66(45-50(3)4)79(134)116-60(28-15-37-106-87(94)95)74(129)120-65(33-20-42-111-92(104)105)85(140)127-44-22-35-70(127)86(141)126-43-21-34-69(126)82(137)123-68(47-54-49-113-58-26-12-10-24-56(54)58)81(136)117-63(31-18-40-109-90(100)101)77(132)124-72(52(6)8-2)84(139)119-64(78(133)125-71)32-19-41-110-91(102)103;/h9-12,23-26,48-52,59-72,112-113H,7-8,13-22,27-47,93H2,1-6H3,(H,114,128)(H,115,135)(H,116,134)(H,117,136)(H,118,138)(H,119,139)(H,120,129)(H,121,130)(H,122,131)(H,123,137)(H,124,132)(H,125,133)(H4,94,95,106)(H4,96,97,107)(H4,98,99,108)(H4,100,101,109)(H4,102,103,110)(H4,104,105,111);1H4/t51-,52-,59-,60-,61-,62+,63-,64-,65-,66-,67-,68-,69-,70+,71-,72-;/m0./s1. The van der Waals surface area contributed by atoms with E-state index < -0.39 is 215 Å². The Labute approximate surface area is 828 Å². The first kappa shape index (κ1) is 116. The molecular weight excluding hydrogens is 1830 g/mol. The summed E-state index contributed by atoms with van der Waals surface area (Å²) in [6.07, 6.45) is 3.74. The number of fused-ring (bicyclic) bond motifs is 4. The number of hydrogen-bond donors (Lipinski definition) is 33. The second kappa shape index (κ2) is 59.3. The predicted octanol–water partition coefficient (Wildman–Crippen LogP) is -3.27. The molecule has 4 aromatic rings. The van der Waals surface area contributed by atoms with Gasteiger partial charge in [0.15, 0.2) is 35.8 Å². The van der Waals surface area contributed by atoms with Gasteiger partial charge in [0.25, 0.3) is 0 Å². The number of nitrogens with one attached hydrogen (secondary N) is 26. The summed E-state index contributed by atoms with van der Waals surface area (Å²) in [6, 6.07) is -6.35. The fourth-order valence-corrected chi connectivity index (χ4v) is 17.3. The van der Waals surface area contributed by atoms with E-state index in [2.05, 4.69) is 106 Å². The Balaban J connectivity index is 0.0000309. The maximum atomic E-state index is 15.6. The summed E-state index contributed by atoms with van der Waals surface area (Å²) in [5, 5.41) is 98.7. The number of nitrogens with two attached hydrogens (primary N) is 7. The maximum Gasteiger partial charge on any atom is 0.246 e. The number of carbonyl (C=O) groups is 14. The van der Waals surface area contributed by atoms with Gasteiger partial charge in [0, 0.05) is 99.4 Å². The second-order valence-corrected chi connectivity index (χ2v) is 36.7. The normalized spacial score (nSPS) is 23.4. The highest BCUT2D eigenvalue weighted by atomic mass is 16.2. The van der Waals surface area contributed by atoms with E-state index in [-0.39, 0.29) is 220 Å². The van der Waals surface area contributed by atoms with Gasteiger partial charge >= 0.3 is 0 Å². The molecule has 0 saturated carbocycles. The number of carbonyl (C=O) groups excluding carboxylic acids is 14. The smallest absolute Gasteiger partial charge is 0.246 e. The first-order chi connectivity index (χ1) is 67.2. The lowest BCUT2D eigenvalue weighted by Gasteiger charge is -2.34. The number of amides is 14. The Morgan fingerprint density at radius 3 is 0.958 bits per heavy atom. The summed E-state index contributed by atoms with van der Waals surface area (Å²) in [5.41, 5.74) is 42.6. The minimum atomic E-state index is -1.59. The summed E-state index contributed by atoms with van der Waals surface area (Å²) in [5.74, 6) is -16.4. The van der Waals surface area contributed by atoms with Crippen LogP contribution in [0.4, 0.5) is 0 Å². The Morgan fingerprint density at radius 2 is 0.620 bits per heavy atom. The Bertz CT molecular complexity index is 4970. The van der Waals surface area contributed by atoms with Gasteiger partial charge in [0.1, 0.15) is 84.6 Å². The van der Waals surface area contributed by atoms with E-state index in [1.165, 1.54) is 9.80 Å². The molecule has 3 aliphatic rings. The number of aromatic nitrogens is 2. The van der Waals surface area contributed by atoms with Crippen LogP contribution in [-0.2, 0) is 80.0 Å². The van der Waals surface area contributed by atoms with Crippen molar-refractivity contribution in [1.29, 1.82) is 32.5 Å². The molecule has 2 aromatic carbocycles. The SMILES string of the molecule is C.CC[C@H](C)[C@@H]1NC(=O)[C@H](CCCNC(=N)N)NC(=O)[C@H](Cc2c[nH]c3ccccc23)NC(=O)[C@@H]2CCCN2C(=O)[C@H]2CCCN2C(=O)[C@H](CCCNC(=N)N)NC(=O)[C@H](CCCNC(=N)N)NC(=O)[C@H](CC(C)C)NC(=O)[C@H](CCCNC(=N)N)NC(=O)[C@H](CCCCN)NC(=O)[C@H](Cc2c[nH]c3ccccc23)NC(=O)[C@@H](CCCNC(=N)N)NC(=O)[C@H]([C@@H](C)CC)NC(=O)[C@H](CCCNC(=N)N)NC1=O. The third kappa shape index (κ3) is 37.4. The molecule has 3 aliphatic heterocycles. The molecule has 142 heavy (non-hydrogen) atoms. The zero-order chi connectivity index (χ0) is 104. The van der Waals surface area contributed by atoms with Gasteiger partial charge in [-0.2, -0.15) is 0 Å². The fourth-order valence-electron chi connectivity index (χ4n) is 17.3. The highest BCUT2D eigenvalue weighted by Crippen LogP contribution is 2.29. The van der Waals surface area contributed by atoms with Crippen molar-refractivity contribution in [2.24, 2.45) is 57.9 Å². The molecule has 49 heteroatoms. The van der Waals surface area contributed by atoms with Crippen molar-refractivity contribution in [2.75, 3.05) is 58.9 Å². The third-order valence-electron chi connectivity index (χ3n) is 25.3. The first-order valence-electron chi connectivity index (χ1n) is 48.8. The van der Waals surface area contributed by atoms with Gasteiger partial charge < -0.3 is 156 Å². The highest BCUT2D eigenvalue weighted by Gasteiger charge is 2.46. The molecule has 786 valence electrons. The van der Waals surface area contributed by atoms with Gasteiger partial charge in [-0.25, -0.2) is 0 Å². The van der Waals surface area contributed by atoms with Crippen LogP contribution in [0.3, 0.4) is 0 Å². The molecule has 3 fully saturated rings. The summed E-state index contributed by atoms with van der Waals surface area (Å²) >= 11 is 0. The van der Waals surface area contributed by atoms with Gasteiger partial charge in [-0.3, -0.25) is 99.6 Å². The van der Waals surface area contributed by atoms with Gasteiger partial charge in [0.2, 0.25) is 82.7 Å². The van der Waals surface area contributed by atoms with E-state index in [1.54, 1.807) is 102 Å². The summed E-state index contributed by atoms with van der Waals surface area (Å²) in [4.78, 5) is 225. The van der Waals surface area contributed by atoms with Crippen LogP contribution in [0.1, 0.15) is 201 Å². The number of H-pyrrole nitrogens is 2. The van der Waals surface area contributed by atoms with E-state index in [4.69, 9.17) is 72.6 Å². The second-order valence-electron chi connectivity index (χ2n) is 36.7. The van der Waals surface area contributed by atoms with Gasteiger partial charge in [-0.05, 0) is 176 Å². The molecular formula is C93H155N35O14. The molecule has 0 bridgehead atoms. The molecule has 0 aliphatic carbocycles. The Hall–Kier alpha value is -14.3. The third-order valence-corrected chi connectivity index (χ3v) is 25.3. The topological polar surface area (TPSA) is 819 Å². The van der Waals surface area contributed by atoms with E-state index in [0.717, 1.165) is 0 Å². The number of para-hydroxylation sites is 2. The van der Waals surface area contributed by atoms with Crippen LogP contribution in [0.5, 0.6) is 0 Å². The number of hydrogen-bond acceptors (Lipinski definition) is 21. The lowest BCUT2D eigenvalue weighted by Crippen LogP contribution is -2.62. The Kier molecular flexibility index (Phi) is 48.6. The molecule has 49 nitrogen and oxygen atoms in total. The molecule has 14 amide bonds. The number of nitrogens with zero attached hydrogens (tertiary/aromatic N) is 2. The minimum Gasteiger partial charge on any atom is -0.370 e. The van der Waals surface area contributed by atoms with Crippen LogP contribution >= 0.6 is 0 Å². The van der Waals surface area contributed by atoms with Crippen molar-refractivity contribution >= 4 is 140 Å². The van der Waals surface area contributed by atoms with Crippen molar-refractivity contribution in [3.8, 4) is 0 Å². The number of unbranched alkanes of at least 4 members (excludes halogenated alkanes) is 1. The van der Waals surface area contributed by atoms with Crippen LogP contribution in [0, 0.1) is 50.2 Å². The molecule has 40 N–H and O–H groups in total. The molecule has 0 radical (unpaired) electrons. The zero-order valence-corrected chi connectivity index (χ0v) is 81.6. The molecule has 16 atom stereocenters. The minimum absolute atomic E-state index is 0. The number of rotatable bonds is 38. The summed E-state index contributed by atoms with van der Waals surface area (Å²) in [6.45, 7) is 10.6. The lowest BCUT2D eigenvalue weighted by atomic mass is 9.95. The van der Waals surface area contributed by atoms with Crippen molar-refractivity contribution in [3.63, 3.8) is 0 Å². The van der Waals surface area contributed by atoms with Crippen molar-refractivity contribution in [3.05, 3.63) is 72.1 Å². The average molecular weight is 1990 g/mol. The van der Waals surface area contributed by atoms with E-state index in [9.17, 15) is 0 Å². The zero-order valence-electron chi connectivity index (χ0n) is 81.6. The molecule has 0 spiro atoms. The van der Waals surface area contributed by atoms with Crippen molar-refractivity contribution in [2.45, 2.75) is 288 Å². The summed E-state index contributed by atoms with van der Waals surface area (Å²) < 4.78 is 0. The number of benzene rings is 2. The molecule has 3 saturated heterocycles. The number of aromatic amines is 2. The Morgan fingerprint density at radius 1 is 0.345 bits per heavy atom. The van der Waals surface area contributed by atoms with Crippen LogP contribution in [0.2, 0.25) is 0 Å². The largest absolute Gasteiger partial charge is 0.370 e. The quantitative estimate of drug-likeness (QED) is 0.0119. The molecule has 2 aromatic heterocycles. The average Bonchev–Trinajstić information content (AvgIpc) is 1.65. The van der Waals surface area contributed by atoms with E-state index in [0.29, 0.717) is 39.4 Å². The van der Waals surface area contributed by atoms with Gasteiger partial charge in [-0.1, -0.05) is 98.2 Å². The van der Waals surface area contributed by atoms with Gasteiger partial charge in [0.05, 0.1) is 0 Å². The van der Waals surface area contributed by atoms with Crippen molar-refractivity contribution < 1.29 is 67.1 Å². The lowest BCUT2D eigenvalue weighted by molar-refractivity contribution is -0.148. The molecule has 5 heterocycles. The molecule has 0 unspecified atom stereocenters. The van der Waals surface area contributed by atoms with Crippen LogP contribution < -0.4 is 136 Å². The van der Waals surface area contributed by atoms with Crippen LogP contribution in [-0.4, -0.2) is 282 Å². The van der Waals surface area contributed by atoms with Crippen molar-refractivity contribution in [1.82, 2.24) is 115 Å². The first-order valence-corrected chi connectivity index (χ1v) is 48.8. The maximum absolute atomic E-state index is 15.6. The van der Waals surface area contributed by atoms with Crippen LogP contribution in [0.25, 0.3) is 21.8 Å². The van der Waals surface area contributed by atoms with E-state index in [1.807, 2.05) is 0 Å². The fraction of sp³-hybridized carbons (Fsp3) is 0.613. The summed E-state index contributed by atoms with van der Waals surface area (Å²) in [7, 11) is 0. The van der Waals surface area contributed by atoms with Gasteiger partial charge in [-0.15, -0.1) is 0 Å². The predicted molar refractivity (Wildman–Crippen MR) is 540 cm³/mol. The van der Waals surface area contributed by atoms with Crippen LogP contribution in [0.15, 0.2) is 60.9 Å². The highest BCUT2D eigenvalue weighted by molar-refractivity contribution is 6.02. The van der Waals surface area contributed by atoms with E-state index >= 15 is 67.1 Å². The number of guanidine groups is 6.